The van der Waals surface area contributed by atoms with Crippen molar-refractivity contribution in [3.63, 3.8) is 0 Å². The summed E-state index contributed by atoms with van der Waals surface area (Å²) in [5.74, 6) is 0. The van der Waals surface area contributed by atoms with Crippen LogP contribution in [0.1, 0.15) is 18.3 Å². The second-order valence-electron chi connectivity index (χ2n) is 5.18. The van der Waals surface area contributed by atoms with Crippen molar-refractivity contribution in [3.8, 4) is 0 Å². The first-order valence-electron chi connectivity index (χ1n) is 6.96. The molecule has 0 bridgehead atoms. The molecular weight excluding hydrogens is 338 g/mol. The maximum atomic E-state index is 5.60. The van der Waals surface area contributed by atoms with E-state index < -0.39 is 0 Å². The average Bonchev–Trinajstić information content (AvgIpc) is 2.68. The predicted octanol–water partition coefficient (Wildman–Crippen LogP) is 1.38. The van der Waals surface area contributed by atoms with Crippen LogP contribution in [0.25, 0.3) is 0 Å². The van der Waals surface area contributed by atoms with Crippen LogP contribution in [0.5, 0.6) is 0 Å². The fourth-order valence-electron chi connectivity index (χ4n) is 2.56. The minimum absolute atomic E-state index is 0.584. The third kappa shape index (κ3) is 3.78. The van der Waals surface area contributed by atoms with Crippen molar-refractivity contribution in [2.75, 3.05) is 32.7 Å². The quantitative estimate of drug-likeness (QED) is 0.804. The number of nitrogens with two attached hydrogens (primary N) is 1. The van der Waals surface area contributed by atoms with Gasteiger partial charge in [-0.2, -0.15) is 5.10 Å². The Hall–Kier alpha value is -0.500. The first-order valence-corrected chi connectivity index (χ1v) is 8.16. The van der Waals surface area contributed by atoms with Crippen molar-refractivity contribution < 1.29 is 0 Å². The fourth-order valence-corrected chi connectivity index (χ4v) is 3.15. The standard InChI is InChI=1S/C13H22BrN5S/c1-3-19-11(13(14)10(2)16-19)8-17-4-6-18(7-5-17)9-12(15)20/h3-9H2,1-2H3,(H2,15,20). The summed E-state index contributed by atoms with van der Waals surface area (Å²) in [6.45, 7) is 10.9. The Morgan fingerprint density at radius 1 is 1.30 bits per heavy atom. The minimum Gasteiger partial charge on any atom is -0.392 e. The predicted molar refractivity (Wildman–Crippen MR) is 88.8 cm³/mol. The largest absolute Gasteiger partial charge is 0.392 e. The van der Waals surface area contributed by atoms with Crippen LogP contribution in [0.2, 0.25) is 0 Å². The minimum atomic E-state index is 0.584. The topological polar surface area (TPSA) is 50.3 Å². The zero-order valence-electron chi connectivity index (χ0n) is 12.1. The van der Waals surface area contributed by atoms with E-state index in [0.717, 1.165) is 56.0 Å². The Morgan fingerprint density at radius 2 is 1.90 bits per heavy atom. The molecule has 0 unspecified atom stereocenters. The average molecular weight is 360 g/mol. The van der Waals surface area contributed by atoms with Crippen LogP contribution in [0.3, 0.4) is 0 Å². The van der Waals surface area contributed by atoms with Crippen LogP contribution in [-0.4, -0.2) is 57.3 Å². The second-order valence-corrected chi connectivity index (χ2v) is 6.50. The van der Waals surface area contributed by atoms with Crippen LogP contribution >= 0.6 is 28.1 Å². The first-order chi connectivity index (χ1) is 9.51. The van der Waals surface area contributed by atoms with Crippen LogP contribution in [0.15, 0.2) is 4.47 Å². The lowest BCUT2D eigenvalue weighted by atomic mass is 10.2. The molecule has 1 aliphatic heterocycles. The molecule has 5 nitrogen and oxygen atoms in total. The number of piperazine rings is 1. The van der Waals surface area contributed by atoms with Crippen molar-refractivity contribution >= 4 is 33.1 Å². The number of rotatable bonds is 5. The molecule has 2 N–H and O–H groups in total. The van der Waals surface area contributed by atoms with Gasteiger partial charge < -0.3 is 5.73 Å². The van der Waals surface area contributed by atoms with Gasteiger partial charge in [0.05, 0.1) is 20.8 Å². The Kier molecular flexibility index (Phi) is 5.54. The summed E-state index contributed by atoms with van der Waals surface area (Å²) in [5.41, 5.74) is 7.94. The number of halogens is 1. The third-order valence-electron chi connectivity index (χ3n) is 3.67. The van der Waals surface area contributed by atoms with Crippen molar-refractivity contribution in [2.45, 2.75) is 26.9 Å². The molecule has 1 saturated heterocycles. The Labute approximate surface area is 134 Å². The van der Waals surface area contributed by atoms with Gasteiger partial charge in [0, 0.05) is 45.8 Å². The second kappa shape index (κ2) is 6.98. The zero-order valence-corrected chi connectivity index (χ0v) is 14.5. The van der Waals surface area contributed by atoms with E-state index in [4.69, 9.17) is 18.0 Å². The fraction of sp³-hybridized carbons (Fsp3) is 0.692. The number of hydrogen-bond donors (Lipinski definition) is 1. The van der Waals surface area contributed by atoms with Crippen LogP contribution in [0.4, 0.5) is 0 Å². The molecule has 0 atom stereocenters. The number of nitrogens with zero attached hydrogens (tertiary/aromatic N) is 4. The summed E-state index contributed by atoms with van der Waals surface area (Å²) in [4.78, 5) is 5.36. The molecule has 0 saturated carbocycles. The van der Waals surface area contributed by atoms with Crippen LogP contribution < -0.4 is 5.73 Å². The van der Waals surface area contributed by atoms with E-state index in [-0.39, 0.29) is 0 Å². The molecule has 0 radical (unpaired) electrons. The van der Waals surface area contributed by atoms with E-state index in [2.05, 4.69) is 42.4 Å². The molecule has 1 aliphatic rings. The molecule has 1 fully saturated rings. The molecule has 0 amide bonds. The van der Waals surface area contributed by atoms with Gasteiger partial charge in [-0.1, -0.05) is 12.2 Å². The van der Waals surface area contributed by atoms with Crippen LogP contribution in [-0.2, 0) is 13.1 Å². The molecule has 7 heteroatoms. The highest BCUT2D eigenvalue weighted by molar-refractivity contribution is 9.10. The maximum absolute atomic E-state index is 5.60. The summed E-state index contributed by atoms with van der Waals surface area (Å²) in [6, 6.07) is 0. The number of aromatic nitrogens is 2. The van der Waals surface area contributed by atoms with Crippen LogP contribution in [0, 0.1) is 6.92 Å². The summed E-state index contributed by atoms with van der Waals surface area (Å²) in [6.07, 6.45) is 0. The normalized spacial score (nSPS) is 17.6. The van der Waals surface area contributed by atoms with Gasteiger partial charge in [0.2, 0.25) is 0 Å². The van der Waals surface area contributed by atoms with E-state index in [9.17, 15) is 0 Å². The van der Waals surface area contributed by atoms with E-state index in [0.29, 0.717) is 4.99 Å². The Balaban J connectivity index is 1.94. The van der Waals surface area contributed by atoms with Crippen molar-refractivity contribution in [1.29, 1.82) is 0 Å². The van der Waals surface area contributed by atoms with Gasteiger partial charge >= 0.3 is 0 Å². The van der Waals surface area contributed by atoms with E-state index >= 15 is 0 Å². The molecule has 2 rings (SSSR count). The summed E-state index contributed by atoms with van der Waals surface area (Å²) >= 11 is 8.63. The SMILES string of the molecule is CCn1nc(C)c(Br)c1CN1CCN(CC(N)=S)CC1. The number of thiocarbonyl (C=S) groups is 1. The highest BCUT2D eigenvalue weighted by atomic mass is 79.9. The van der Waals surface area contributed by atoms with Gasteiger partial charge in [0.25, 0.3) is 0 Å². The summed E-state index contributed by atoms with van der Waals surface area (Å²) in [5, 5.41) is 4.55. The molecule has 1 aromatic heterocycles. The number of hydrogen-bond acceptors (Lipinski definition) is 4. The monoisotopic (exact) mass is 359 g/mol. The van der Waals surface area contributed by atoms with E-state index in [1.54, 1.807) is 0 Å². The molecule has 1 aromatic rings. The van der Waals surface area contributed by atoms with Crippen molar-refractivity contribution in [2.24, 2.45) is 5.73 Å². The number of aryl methyl sites for hydroxylation is 2. The highest BCUT2D eigenvalue weighted by Gasteiger charge is 2.20. The van der Waals surface area contributed by atoms with Crippen molar-refractivity contribution in [3.05, 3.63) is 15.9 Å². The lowest BCUT2D eigenvalue weighted by Crippen LogP contribution is -2.48. The molecule has 112 valence electrons. The Bertz CT molecular complexity index is 479. The smallest absolute Gasteiger partial charge is 0.0870 e. The maximum Gasteiger partial charge on any atom is 0.0870 e. The van der Waals surface area contributed by atoms with Gasteiger partial charge in [0.15, 0.2) is 0 Å². The molecule has 0 aliphatic carbocycles. The molecule has 20 heavy (non-hydrogen) atoms. The van der Waals surface area contributed by atoms with Gasteiger partial charge in [0.1, 0.15) is 0 Å². The molecule has 0 spiro atoms. The van der Waals surface area contributed by atoms with Gasteiger partial charge in [-0.25, -0.2) is 0 Å². The lowest BCUT2D eigenvalue weighted by molar-refractivity contribution is 0.137. The molecule has 0 aromatic carbocycles. The summed E-state index contributed by atoms with van der Waals surface area (Å²) < 4.78 is 3.23. The third-order valence-corrected chi connectivity index (χ3v) is 4.83. The van der Waals surface area contributed by atoms with Gasteiger partial charge in [-0.05, 0) is 29.8 Å². The van der Waals surface area contributed by atoms with Gasteiger partial charge in [-0.3, -0.25) is 14.5 Å². The van der Waals surface area contributed by atoms with E-state index in [1.807, 2.05) is 6.92 Å². The van der Waals surface area contributed by atoms with Crippen molar-refractivity contribution in [1.82, 2.24) is 19.6 Å². The molecule has 2 heterocycles. The van der Waals surface area contributed by atoms with E-state index in [1.165, 1.54) is 5.69 Å². The highest BCUT2D eigenvalue weighted by Crippen LogP contribution is 2.22. The first kappa shape index (κ1) is 15.9. The lowest BCUT2D eigenvalue weighted by Gasteiger charge is -2.34. The summed E-state index contributed by atoms with van der Waals surface area (Å²) in [7, 11) is 0. The van der Waals surface area contributed by atoms with Gasteiger partial charge in [-0.15, -0.1) is 0 Å². The zero-order chi connectivity index (χ0) is 14.7. The molecular formula is C13H22BrN5S. The Morgan fingerprint density at radius 3 is 2.45 bits per heavy atom.